The van der Waals surface area contributed by atoms with Crippen LogP contribution in [0.1, 0.15) is 17.2 Å². The Morgan fingerprint density at radius 1 is 0.944 bits per heavy atom. The maximum atomic E-state index is 11.1. The van der Waals surface area contributed by atoms with Crippen molar-refractivity contribution in [3.05, 3.63) is 110 Å². The standard InChI is InChI=1S/C26H23Cl2N5O3/c27-17-6-8-19(22(28)14-17)21-15-18(7-9-20(21)25(34)16-4-2-1-3-5-16)30-12-13-31-24-11-10-23(33(35)36)26(29)32-24/h1-11,14-15,25,30,34H,12-13H2,(H3,29,31,32). The van der Waals surface area contributed by atoms with Gasteiger partial charge in [-0.3, -0.25) is 10.1 Å². The van der Waals surface area contributed by atoms with Crippen LogP contribution in [-0.4, -0.2) is 28.1 Å². The third-order valence-corrected chi connectivity index (χ3v) is 6.09. The average Bonchev–Trinajstić information content (AvgIpc) is 2.86. The van der Waals surface area contributed by atoms with E-state index in [0.29, 0.717) is 34.5 Å². The summed E-state index contributed by atoms with van der Waals surface area (Å²) < 4.78 is 0. The van der Waals surface area contributed by atoms with Crippen LogP contribution in [0.3, 0.4) is 0 Å². The second-order valence-corrected chi connectivity index (χ2v) is 8.79. The second-order valence-electron chi connectivity index (χ2n) is 7.95. The minimum Gasteiger partial charge on any atom is -0.384 e. The smallest absolute Gasteiger partial charge is 0.311 e. The van der Waals surface area contributed by atoms with Gasteiger partial charge < -0.3 is 21.5 Å². The first-order valence-corrected chi connectivity index (χ1v) is 11.8. The van der Waals surface area contributed by atoms with Crippen molar-refractivity contribution in [2.75, 3.05) is 29.5 Å². The molecule has 5 N–H and O–H groups in total. The van der Waals surface area contributed by atoms with Crippen LogP contribution in [0.15, 0.2) is 78.9 Å². The van der Waals surface area contributed by atoms with E-state index in [1.807, 2.05) is 54.6 Å². The number of halogens is 2. The lowest BCUT2D eigenvalue weighted by Crippen LogP contribution is -2.15. The molecule has 0 fully saturated rings. The van der Waals surface area contributed by atoms with Crippen molar-refractivity contribution in [1.29, 1.82) is 0 Å². The van der Waals surface area contributed by atoms with Gasteiger partial charge in [-0.25, -0.2) is 4.98 Å². The van der Waals surface area contributed by atoms with E-state index >= 15 is 0 Å². The number of nitrogens with zero attached hydrogens (tertiary/aromatic N) is 2. The summed E-state index contributed by atoms with van der Waals surface area (Å²) in [6.07, 6.45) is -0.845. The molecule has 0 saturated carbocycles. The van der Waals surface area contributed by atoms with Crippen molar-refractivity contribution in [3.63, 3.8) is 0 Å². The van der Waals surface area contributed by atoms with Crippen LogP contribution in [0.25, 0.3) is 11.1 Å². The Kier molecular flexibility index (Phi) is 7.90. The van der Waals surface area contributed by atoms with E-state index in [9.17, 15) is 15.2 Å². The molecule has 0 spiro atoms. The molecular weight excluding hydrogens is 501 g/mol. The summed E-state index contributed by atoms with van der Waals surface area (Å²) in [5, 5.41) is 29.4. The van der Waals surface area contributed by atoms with E-state index in [0.717, 1.165) is 22.4 Å². The van der Waals surface area contributed by atoms with Gasteiger partial charge in [-0.05, 0) is 47.0 Å². The van der Waals surface area contributed by atoms with Crippen LogP contribution < -0.4 is 16.4 Å². The number of hydrogen-bond donors (Lipinski definition) is 4. The first-order chi connectivity index (χ1) is 17.3. The van der Waals surface area contributed by atoms with Crippen LogP contribution in [0.5, 0.6) is 0 Å². The zero-order chi connectivity index (χ0) is 25.7. The molecule has 4 rings (SSSR count). The molecule has 1 atom stereocenters. The molecule has 10 heteroatoms. The molecule has 0 radical (unpaired) electrons. The fourth-order valence-electron chi connectivity index (χ4n) is 3.78. The Bertz CT molecular complexity index is 1390. The lowest BCUT2D eigenvalue weighted by atomic mass is 9.92. The van der Waals surface area contributed by atoms with Crippen molar-refractivity contribution in [2.45, 2.75) is 6.10 Å². The normalized spacial score (nSPS) is 11.6. The number of nitrogen functional groups attached to an aromatic ring is 1. The number of aromatic nitrogens is 1. The van der Waals surface area contributed by atoms with Crippen LogP contribution in [0, 0.1) is 10.1 Å². The van der Waals surface area contributed by atoms with Crippen molar-refractivity contribution >= 4 is 46.2 Å². The molecular formula is C26H23Cl2N5O3. The number of nitro groups is 1. The number of rotatable bonds is 9. The van der Waals surface area contributed by atoms with Gasteiger partial charge in [0, 0.05) is 40.5 Å². The second kappa shape index (κ2) is 11.3. The van der Waals surface area contributed by atoms with Crippen LogP contribution >= 0.6 is 23.2 Å². The monoisotopic (exact) mass is 523 g/mol. The van der Waals surface area contributed by atoms with Crippen molar-refractivity contribution in [2.24, 2.45) is 0 Å². The van der Waals surface area contributed by atoms with Gasteiger partial charge in [-0.15, -0.1) is 0 Å². The molecule has 0 bridgehead atoms. The molecule has 3 aromatic carbocycles. The number of nitrogens with one attached hydrogen (secondary N) is 2. The van der Waals surface area contributed by atoms with E-state index in [2.05, 4.69) is 15.6 Å². The number of nitrogens with two attached hydrogens (primary N) is 1. The summed E-state index contributed by atoms with van der Waals surface area (Å²) in [6, 6.07) is 23.2. The summed E-state index contributed by atoms with van der Waals surface area (Å²) in [7, 11) is 0. The summed E-state index contributed by atoms with van der Waals surface area (Å²) in [6.45, 7) is 1.00. The van der Waals surface area contributed by atoms with Gasteiger partial charge in [-0.2, -0.15) is 0 Å². The molecule has 184 valence electrons. The van der Waals surface area contributed by atoms with E-state index in [1.54, 1.807) is 12.1 Å². The summed E-state index contributed by atoms with van der Waals surface area (Å²) in [5.41, 5.74) is 9.23. The highest BCUT2D eigenvalue weighted by atomic mass is 35.5. The maximum Gasteiger partial charge on any atom is 0.311 e. The summed E-state index contributed by atoms with van der Waals surface area (Å²) >= 11 is 12.6. The molecule has 0 aliphatic heterocycles. The number of pyridine rings is 1. The van der Waals surface area contributed by atoms with E-state index in [1.165, 1.54) is 12.1 Å². The number of aliphatic hydroxyl groups excluding tert-OH is 1. The predicted octanol–water partition coefficient (Wildman–Crippen LogP) is 6.15. The number of aliphatic hydroxyl groups is 1. The van der Waals surface area contributed by atoms with Crippen LogP contribution in [0.4, 0.5) is 23.0 Å². The Morgan fingerprint density at radius 2 is 1.69 bits per heavy atom. The Balaban J connectivity index is 1.53. The van der Waals surface area contributed by atoms with Crippen molar-refractivity contribution in [3.8, 4) is 11.1 Å². The molecule has 0 aliphatic rings. The van der Waals surface area contributed by atoms with Crippen LogP contribution in [0.2, 0.25) is 10.0 Å². The fraction of sp³-hybridized carbons (Fsp3) is 0.115. The predicted molar refractivity (Wildman–Crippen MR) is 145 cm³/mol. The van der Waals surface area contributed by atoms with E-state index in [-0.39, 0.29) is 11.5 Å². The molecule has 0 aliphatic carbocycles. The first kappa shape index (κ1) is 25.2. The molecule has 1 unspecified atom stereocenters. The third kappa shape index (κ3) is 5.85. The minimum atomic E-state index is -0.845. The van der Waals surface area contributed by atoms with Gasteiger partial charge in [0.2, 0.25) is 5.82 Å². The molecule has 8 nitrogen and oxygen atoms in total. The Labute approximate surface area is 217 Å². The van der Waals surface area contributed by atoms with Gasteiger partial charge in [0.15, 0.2) is 0 Å². The van der Waals surface area contributed by atoms with Crippen molar-refractivity contribution < 1.29 is 10.0 Å². The van der Waals surface area contributed by atoms with Crippen molar-refractivity contribution in [1.82, 2.24) is 4.98 Å². The van der Waals surface area contributed by atoms with Gasteiger partial charge >= 0.3 is 5.69 Å². The molecule has 36 heavy (non-hydrogen) atoms. The highest BCUT2D eigenvalue weighted by Crippen LogP contribution is 2.38. The Morgan fingerprint density at radius 3 is 2.39 bits per heavy atom. The van der Waals surface area contributed by atoms with Gasteiger partial charge in [0.25, 0.3) is 0 Å². The highest BCUT2D eigenvalue weighted by Gasteiger charge is 2.18. The van der Waals surface area contributed by atoms with Crippen LogP contribution in [-0.2, 0) is 0 Å². The van der Waals surface area contributed by atoms with E-state index in [4.69, 9.17) is 28.9 Å². The van der Waals surface area contributed by atoms with Gasteiger partial charge in [-0.1, -0.05) is 65.7 Å². The quantitative estimate of drug-likeness (QED) is 0.118. The SMILES string of the molecule is Nc1nc(NCCNc2ccc(C(O)c3ccccc3)c(-c3ccc(Cl)cc3Cl)c2)ccc1[N+](=O)[O-]. The Hall–Kier alpha value is -3.85. The van der Waals surface area contributed by atoms with E-state index < -0.39 is 11.0 Å². The maximum absolute atomic E-state index is 11.1. The number of anilines is 3. The zero-order valence-electron chi connectivity index (χ0n) is 19.0. The number of benzene rings is 3. The van der Waals surface area contributed by atoms with Gasteiger partial charge in [0.1, 0.15) is 11.9 Å². The third-order valence-electron chi connectivity index (χ3n) is 5.54. The summed E-state index contributed by atoms with van der Waals surface area (Å²) in [4.78, 5) is 14.3. The zero-order valence-corrected chi connectivity index (χ0v) is 20.5. The lowest BCUT2D eigenvalue weighted by molar-refractivity contribution is -0.384. The lowest BCUT2D eigenvalue weighted by Gasteiger charge is -2.19. The summed E-state index contributed by atoms with van der Waals surface area (Å²) in [5.74, 6) is 0.296. The number of hydrogen-bond acceptors (Lipinski definition) is 7. The first-order valence-electron chi connectivity index (χ1n) is 11.0. The highest BCUT2D eigenvalue weighted by molar-refractivity contribution is 6.36. The van der Waals surface area contributed by atoms with Gasteiger partial charge in [0.05, 0.1) is 4.92 Å². The molecule has 1 heterocycles. The molecule has 0 saturated heterocycles. The molecule has 1 aromatic heterocycles. The average molecular weight is 524 g/mol. The molecule has 0 amide bonds. The minimum absolute atomic E-state index is 0.144. The largest absolute Gasteiger partial charge is 0.384 e. The molecule has 4 aromatic rings. The fourth-order valence-corrected chi connectivity index (χ4v) is 4.29. The topological polar surface area (TPSA) is 126 Å².